The van der Waals surface area contributed by atoms with Crippen molar-refractivity contribution in [2.45, 2.75) is 39.0 Å². The summed E-state index contributed by atoms with van der Waals surface area (Å²) in [6.07, 6.45) is 6.27. The molecule has 0 amide bonds. The molecule has 0 saturated carbocycles. The average Bonchev–Trinajstić information content (AvgIpc) is 2.93. The lowest BCUT2D eigenvalue weighted by Gasteiger charge is -2.23. The number of nitrogens with zero attached hydrogens (tertiary/aromatic N) is 3. The molecule has 1 aromatic heterocycles. The van der Waals surface area contributed by atoms with E-state index in [2.05, 4.69) is 26.3 Å². The monoisotopic (exact) mass is 260 g/mol. The van der Waals surface area contributed by atoms with Gasteiger partial charge in [0, 0.05) is 24.8 Å². The second kappa shape index (κ2) is 5.87. The van der Waals surface area contributed by atoms with Crippen molar-refractivity contribution in [2.24, 2.45) is 5.92 Å². The van der Waals surface area contributed by atoms with E-state index >= 15 is 0 Å². The molecule has 1 N–H and O–H groups in total. The average molecular weight is 260 g/mol. The van der Waals surface area contributed by atoms with Gasteiger partial charge in [-0.25, -0.2) is 9.97 Å². The number of piperidine rings is 1. The zero-order valence-corrected chi connectivity index (χ0v) is 11.9. The number of nitrogens with one attached hydrogen (secondary N) is 1. The van der Waals surface area contributed by atoms with Gasteiger partial charge in [0.15, 0.2) is 0 Å². The van der Waals surface area contributed by atoms with Crippen molar-refractivity contribution < 1.29 is 0 Å². The number of anilines is 1. The van der Waals surface area contributed by atoms with E-state index in [0.717, 1.165) is 50.2 Å². The number of rotatable bonds is 3. The summed E-state index contributed by atoms with van der Waals surface area (Å²) in [5.41, 5.74) is 1.24. The number of hydrogen-bond acceptors (Lipinski definition) is 4. The van der Waals surface area contributed by atoms with E-state index in [-0.39, 0.29) is 0 Å². The third kappa shape index (κ3) is 3.24. The minimum Gasteiger partial charge on any atom is -0.357 e. The first-order chi connectivity index (χ1) is 9.31. The van der Waals surface area contributed by atoms with E-state index in [9.17, 15) is 0 Å². The van der Waals surface area contributed by atoms with Crippen molar-refractivity contribution >= 4 is 5.82 Å². The zero-order valence-electron chi connectivity index (χ0n) is 11.9. The van der Waals surface area contributed by atoms with Gasteiger partial charge in [0.05, 0.1) is 0 Å². The number of hydrogen-bond donors (Lipinski definition) is 1. The molecule has 2 aliphatic heterocycles. The largest absolute Gasteiger partial charge is 0.357 e. The molecule has 2 fully saturated rings. The van der Waals surface area contributed by atoms with E-state index in [0.29, 0.717) is 0 Å². The minimum atomic E-state index is 0.793. The van der Waals surface area contributed by atoms with Crippen LogP contribution in [0.4, 0.5) is 5.82 Å². The van der Waals surface area contributed by atoms with Crippen LogP contribution in [0.1, 0.15) is 37.2 Å². The lowest BCUT2D eigenvalue weighted by molar-refractivity contribution is 0.370. The molecule has 4 nitrogen and oxygen atoms in total. The SMILES string of the molecule is Cc1nc(CC2CCNCC2)cc(N2CCCC2)n1. The molecule has 0 unspecified atom stereocenters. The maximum atomic E-state index is 4.64. The Bertz CT molecular complexity index is 420. The van der Waals surface area contributed by atoms with Gasteiger partial charge in [-0.3, -0.25) is 0 Å². The summed E-state index contributed by atoms with van der Waals surface area (Å²) in [7, 11) is 0. The minimum absolute atomic E-state index is 0.793. The molecule has 0 atom stereocenters. The quantitative estimate of drug-likeness (QED) is 0.901. The van der Waals surface area contributed by atoms with Crippen molar-refractivity contribution in [1.29, 1.82) is 0 Å². The van der Waals surface area contributed by atoms with Crippen LogP contribution in [0.2, 0.25) is 0 Å². The van der Waals surface area contributed by atoms with E-state index in [1.165, 1.54) is 31.4 Å². The number of aryl methyl sites for hydroxylation is 1. The topological polar surface area (TPSA) is 41.1 Å². The first-order valence-corrected chi connectivity index (χ1v) is 7.61. The zero-order chi connectivity index (χ0) is 13.1. The van der Waals surface area contributed by atoms with Crippen LogP contribution in [0.15, 0.2) is 6.07 Å². The van der Waals surface area contributed by atoms with Crippen molar-refractivity contribution in [1.82, 2.24) is 15.3 Å². The van der Waals surface area contributed by atoms with Gasteiger partial charge in [0.2, 0.25) is 0 Å². The highest BCUT2D eigenvalue weighted by Gasteiger charge is 2.18. The maximum absolute atomic E-state index is 4.64. The maximum Gasteiger partial charge on any atom is 0.132 e. The smallest absolute Gasteiger partial charge is 0.132 e. The van der Waals surface area contributed by atoms with E-state index < -0.39 is 0 Å². The molecule has 0 spiro atoms. The molecule has 1 aromatic rings. The molecular formula is C15H24N4. The summed E-state index contributed by atoms with van der Waals surface area (Å²) in [5.74, 6) is 2.87. The molecule has 0 radical (unpaired) electrons. The van der Waals surface area contributed by atoms with Crippen molar-refractivity contribution in [2.75, 3.05) is 31.1 Å². The molecule has 19 heavy (non-hydrogen) atoms. The summed E-state index contributed by atoms with van der Waals surface area (Å²) in [5, 5.41) is 3.43. The van der Waals surface area contributed by atoms with Gasteiger partial charge < -0.3 is 10.2 Å². The van der Waals surface area contributed by atoms with Crippen molar-refractivity contribution in [3.8, 4) is 0 Å². The highest BCUT2D eigenvalue weighted by Crippen LogP contribution is 2.22. The summed E-state index contributed by atoms with van der Waals surface area (Å²) < 4.78 is 0. The lowest BCUT2D eigenvalue weighted by atomic mass is 9.93. The molecular weight excluding hydrogens is 236 g/mol. The molecule has 4 heteroatoms. The third-order valence-electron chi connectivity index (χ3n) is 4.26. The van der Waals surface area contributed by atoms with Crippen LogP contribution < -0.4 is 10.2 Å². The number of aromatic nitrogens is 2. The summed E-state index contributed by atoms with van der Waals surface area (Å²) >= 11 is 0. The van der Waals surface area contributed by atoms with Gasteiger partial charge in [-0.2, -0.15) is 0 Å². The Morgan fingerprint density at radius 1 is 1.21 bits per heavy atom. The predicted octanol–water partition coefficient (Wildman–Crippen LogP) is 1.93. The Morgan fingerprint density at radius 3 is 2.68 bits per heavy atom. The van der Waals surface area contributed by atoms with E-state index in [4.69, 9.17) is 0 Å². The van der Waals surface area contributed by atoms with E-state index in [1.807, 2.05) is 6.92 Å². The van der Waals surface area contributed by atoms with Gasteiger partial charge >= 0.3 is 0 Å². The van der Waals surface area contributed by atoms with Gasteiger partial charge in [-0.1, -0.05) is 0 Å². The Hall–Kier alpha value is -1.16. The van der Waals surface area contributed by atoms with Crippen LogP contribution in [0.5, 0.6) is 0 Å². The molecule has 2 aliphatic rings. The van der Waals surface area contributed by atoms with Crippen LogP contribution in [0.25, 0.3) is 0 Å². The second-order valence-electron chi connectivity index (χ2n) is 5.86. The Balaban J connectivity index is 1.73. The Kier molecular flexibility index (Phi) is 3.97. The van der Waals surface area contributed by atoms with Gasteiger partial charge in [0.1, 0.15) is 11.6 Å². The molecule has 3 heterocycles. The van der Waals surface area contributed by atoms with Gasteiger partial charge in [-0.05, 0) is 58.0 Å². The Labute approximate surface area is 115 Å². The normalized spacial score (nSPS) is 21.0. The molecule has 0 aromatic carbocycles. The third-order valence-corrected chi connectivity index (χ3v) is 4.26. The second-order valence-corrected chi connectivity index (χ2v) is 5.86. The lowest BCUT2D eigenvalue weighted by Crippen LogP contribution is -2.29. The van der Waals surface area contributed by atoms with Gasteiger partial charge in [0.25, 0.3) is 0 Å². The highest BCUT2D eigenvalue weighted by molar-refractivity contribution is 5.40. The molecule has 104 valence electrons. The van der Waals surface area contributed by atoms with Gasteiger partial charge in [-0.15, -0.1) is 0 Å². The Morgan fingerprint density at radius 2 is 1.95 bits per heavy atom. The predicted molar refractivity (Wildman–Crippen MR) is 77.5 cm³/mol. The molecule has 0 aliphatic carbocycles. The molecule has 3 rings (SSSR count). The summed E-state index contributed by atoms with van der Waals surface area (Å²) in [6, 6.07) is 2.22. The van der Waals surface area contributed by atoms with E-state index in [1.54, 1.807) is 0 Å². The summed E-state index contributed by atoms with van der Waals surface area (Å²) in [4.78, 5) is 11.7. The van der Waals surface area contributed by atoms with Crippen molar-refractivity contribution in [3.63, 3.8) is 0 Å². The van der Waals surface area contributed by atoms with Crippen molar-refractivity contribution in [3.05, 3.63) is 17.6 Å². The van der Waals surface area contributed by atoms with Crippen LogP contribution in [-0.4, -0.2) is 36.1 Å². The fourth-order valence-corrected chi connectivity index (χ4v) is 3.21. The highest BCUT2D eigenvalue weighted by atomic mass is 15.2. The fraction of sp³-hybridized carbons (Fsp3) is 0.733. The van der Waals surface area contributed by atoms with Crippen LogP contribution in [0, 0.1) is 12.8 Å². The van der Waals surface area contributed by atoms with Crippen LogP contribution in [0.3, 0.4) is 0 Å². The molecule has 0 bridgehead atoms. The van der Waals surface area contributed by atoms with Crippen LogP contribution >= 0.6 is 0 Å². The first-order valence-electron chi connectivity index (χ1n) is 7.61. The first kappa shape index (κ1) is 12.9. The molecule has 2 saturated heterocycles. The van der Waals surface area contributed by atoms with Crippen LogP contribution in [-0.2, 0) is 6.42 Å². The fourth-order valence-electron chi connectivity index (χ4n) is 3.21. The summed E-state index contributed by atoms with van der Waals surface area (Å²) in [6.45, 7) is 6.65. The standard InChI is InChI=1S/C15H24N4/c1-12-17-14(10-13-4-6-16-7-5-13)11-15(18-12)19-8-2-3-9-19/h11,13,16H,2-10H2,1H3.